The van der Waals surface area contributed by atoms with Gasteiger partial charge in [-0.3, -0.25) is 4.79 Å². The molecular weight excluding hydrogens is 244 g/mol. The lowest BCUT2D eigenvalue weighted by Gasteiger charge is -2.21. The Morgan fingerprint density at radius 1 is 1.53 bits per heavy atom. The first kappa shape index (κ1) is 12.8. The second kappa shape index (κ2) is 4.55. The fraction of sp³-hybridized carbons (Fsp3) is 0.900. The maximum atomic E-state index is 11.8. The predicted octanol–water partition coefficient (Wildman–Crippen LogP) is -1.34. The summed E-state index contributed by atoms with van der Waals surface area (Å²) < 4.78 is 27.6. The molecule has 0 spiro atoms. The van der Waals surface area contributed by atoms with Gasteiger partial charge in [0, 0.05) is 13.2 Å². The van der Waals surface area contributed by atoms with Crippen molar-refractivity contribution in [3.63, 3.8) is 0 Å². The summed E-state index contributed by atoms with van der Waals surface area (Å²) in [6.45, 7) is 1.13. The molecule has 2 atom stereocenters. The molecule has 6 nitrogen and oxygen atoms in total. The van der Waals surface area contributed by atoms with E-state index in [1.54, 1.807) is 0 Å². The van der Waals surface area contributed by atoms with Gasteiger partial charge in [-0.25, -0.2) is 8.42 Å². The number of ether oxygens (including phenoxy) is 1. The van der Waals surface area contributed by atoms with Crippen LogP contribution in [-0.2, 0) is 19.4 Å². The molecule has 2 aliphatic heterocycles. The Kier molecular flexibility index (Phi) is 3.42. The molecule has 1 amide bonds. The van der Waals surface area contributed by atoms with Gasteiger partial charge in [-0.2, -0.15) is 0 Å². The lowest BCUT2D eigenvalue weighted by molar-refractivity contribution is -0.126. The fourth-order valence-electron chi connectivity index (χ4n) is 2.21. The normalized spacial score (nSPS) is 35.9. The molecule has 0 radical (unpaired) electrons. The standard InChI is InChI=1S/C10H18N2O4S/c11-10(2-3-16-7-10)9(13)12-5-8-1-4-17(14,15)6-8/h8H,1-7,11H2,(H,12,13). The highest BCUT2D eigenvalue weighted by atomic mass is 32.2. The summed E-state index contributed by atoms with van der Waals surface area (Å²) >= 11 is 0. The van der Waals surface area contributed by atoms with E-state index in [1.807, 2.05) is 0 Å². The van der Waals surface area contributed by atoms with Crippen LogP contribution in [0.4, 0.5) is 0 Å². The van der Waals surface area contributed by atoms with E-state index in [-0.39, 0.29) is 29.9 Å². The quantitative estimate of drug-likeness (QED) is 0.655. The number of hydrogen-bond donors (Lipinski definition) is 2. The molecule has 0 saturated carbocycles. The molecule has 2 rings (SSSR count). The van der Waals surface area contributed by atoms with Crippen LogP contribution in [-0.4, -0.2) is 51.1 Å². The monoisotopic (exact) mass is 262 g/mol. The van der Waals surface area contributed by atoms with E-state index >= 15 is 0 Å². The van der Waals surface area contributed by atoms with Gasteiger partial charge >= 0.3 is 0 Å². The second-order valence-electron chi connectivity index (χ2n) is 4.94. The third kappa shape index (κ3) is 2.97. The lowest BCUT2D eigenvalue weighted by atomic mass is 9.99. The molecule has 2 saturated heterocycles. The summed E-state index contributed by atoms with van der Waals surface area (Å²) in [5.74, 6) is 0.181. The smallest absolute Gasteiger partial charge is 0.242 e. The summed E-state index contributed by atoms with van der Waals surface area (Å²) in [4.78, 5) is 11.8. The minimum absolute atomic E-state index is 0.0230. The van der Waals surface area contributed by atoms with E-state index in [4.69, 9.17) is 10.5 Å². The maximum Gasteiger partial charge on any atom is 0.242 e. The van der Waals surface area contributed by atoms with E-state index in [0.717, 1.165) is 0 Å². The van der Waals surface area contributed by atoms with E-state index in [0.29, 0.717) is 26.0 Å². The van der Waals surface area contributed by atoms with Crippen LogP contribution in [0.1, 0.15) is 12.8 Å². The summed E-state index contributed by atoms with van der Waals surface area (Å²) in [5.41, 5.74) is 4.95. The van der Waals surface area contributed by atoms with Gasteiger partial charge in [0.2, 0.25) is 5.91 Å². The number of hydrogen-bond acceptors (Lipinski definition) is 5. The largest absolute Gasteiger partial charge is 0.379 e. The highest BCUT2D eigenvalue weighted by Crippen LogP contribution is 2.19. The Balaban J connectivity index is 1.81. The molecule has 2 aliphatic rings. The van der Waals surface area contributed by atoms with Crippen molar-refractivity contribution in [1.29, 1.82) is 0 Å². The van der Waals surface area contributed by atoms with Gasteiger partial charge in [0.05, 0.1) is 18.1 Å². The van der Waals surface area contributed by atoms with Gasteiger partial charge in [-0.05, 0) is 18.8 Å². The first-order valence-corrected chi connectivity index (χ1v) is 7.59. The van der Waals surface area contributed by atoms with Crippen molar-refractivity contribution in [2.75, 3.05) is 31.3 Å². The van der Waals surface area contributed by atoms with Crippen molar-refractivity contribution >= 4 is 15.7 Å². The van der Waals surface area contributed by atoms with Crippen LogP contribution in [0, 0.1) is 5.92 Å². The van der Waals surface area contributed by atoms with Crippen molar-refractivity contribution in [2.24, 2.45) is 11.7 Å². The van der Waals surface area contributed by atoms with Crippen LogP contribution >= 0.6 is 0 Å². The van der Waals surface area contributed by atoms with Crippen LogP contribution in [0.3, 0.4) is 0 Å². The van der Waals surface area contributed by atoms with Crippen LogP contribution < -0.4 is 11.1 Å². The molecule has 17 heavy (non-hydrogen) atoms. The Labute approximate surface area is 101 Å². The minimum Gasteiger partial charge on any atom is -0.379 e. The summed E-state index contributed by atoms with van der Waals surface area (Å²) in [7, 11) is -2.88. The number of sulfone groups is 1. The zero-order valence-corrected chi connectivity index (χ0v) is 10.5. The van der Waals surface area contributed by atoms with Gasteiger partial charge in [0.1, 0.15) is 5.54 Å². The predicted molar refractivity (Wildman–Crippen MR) is 62.1 cm³/mol. The van der Waals surface area contributed by atoms with E-state index in [2.05, 4.69) is 5.32 Å². The molecule has 2 fully saturated rings. The van der Waals surface area contributed by atoms with Crippen LogP contribution in [0.25, 0.3) is 0 Å². The molecule has 2 heterocycles. The van der Waals surface area contributed by atoms with Gasteiger partial charge in [-0.15, -0.1) is 0 Å². The minimum atomic E-state index is -2.88. The maximum absolute atomic E-state index is 11.8. The molecular formula is C10H18N2O4S. The van der Waals surface area contributed by atoms with E-state index in [1.165, 1.54) is 0 Å². The van der Waals surface area contributed by atoms with Crippen molar-refractivity contribution in [3.8, 4) is 0 Å². The van der Waals surface area contributed by atoms with Crippen molar-refractivity contribution in [1.82, 2.24) is 5.32 Å². The van der Waals surface area contributed by atoms with Gasteiger partial charge < -0.3 is 15.8 Å². The van der Waals surface area contributed by atoms with Crippen LogP contribution in [0.15, 0.2) is 0 Å². The number of rotatable bonds is 3. The zero-order chi connectivity index (χ0) is 12.5. The molecule has 0 aromatic heterocycles. The van der Waals surface area contributed by atoms with Crippen LogP contribution in [0.2, 0.25) is 0 Å². The average Bonchev–Trinajstić information content (AvgIpc) is 2.82. The number of carbonyl (C=O) groups is 1. The van der Waals surface area contributed by atoms with E-state index < -0.39 is 15.4 Å². The third-order valence-corrected chi connectivity index (χ3v) is 5.22. The highest BCUT2D eigenvalue weighted by molar-refractivity contribution is 7.91. The van der Waals surface area contributed by atoms with E-state index in [9.17, 15) is 13.2 Å². The molecule has 0 aromatic rings. The highest BCUT2D eigenvalue weighted by Gasteiger charge is 2.38. The zero-order valence-electron chi connectivity index (χ0n) is 9.65. The number of nitrogens with one attached hydrogen (secondary N) is 1. The third-order valence-electron chi connectivity index (χ3n) is 3.38. The van der Waals surface area contributed by atoms with Crippen molar-refractivity contribution in [2.45, 2.75) is 18.4 Å². The first-order valence-electron chi connectivity index (χ1n) is 5.77. The number of carbonyl (C=O) groups excluding carboxylic acids is 1. The number of nitrogens with two attached hydrogens (primary N) is 1. The summed E-state index contributed by atoms with van der Waals surface area (Å²) in [5, 5.41) is 2.74. The Hall–Kier alpha value is -0.660. The summed E-state index contributed by atoms with van der Waals surface area (Å²) in [6.07, 6.45) is 1.14. The second-order valence-corrected chi connectivity index (χ2v) is 7.17. The molecule has 0 bridgehead atoms. The Bertz CT molecular complexity index is 401. The average molecular weight is 262 g/mol. The van der Waals surface area contributed by atoms with Gasteiger partial charge in [-0.1, -0.05) is 0 Å². The summed E-state index contributed by atoms with van der Waals surface area (Å²) in [6, 6.07) is 0. The van der Waals surface area contributed by atoms with Gasteiger partial charge in [0.25, 0.3) is 0 Å². The lowest BCUT2D eigenvalue weighted by Crippen LogP contribution is -2.55. The SMILES string of the molecule is NC1(C(=O)NCC2CCS(=O)(=O)C2)CCOC1. The Morgan fingerprint density at radius 3 is 2.82 bits per heavy atom. The molecule has 7 heteroatoms. The fourth-order valence-corrected chi connectivity index (χ4v) is 4.07. The van der Waals surface area contributed by atoms with Crippen molar-refractivity contribution in [3.05, 3.63) is 0 Å². The molecule has 0 aromatic carbocycles. The molecule has 98 valence electrons. The molecule has 3 N–H and O–H groups in total. The molecule has 2 unspecified atom stereocenters. The molecule has 0 aliphatic carbocycles. The van der Waals surface area contributed by atoms with Crippen LogP contribution in [0.5, 0.6) is 0 Å². The van der Waals surface area contributed by atoms with Gasteiger partial charge in [0.15, 0.2) is 9.84 Å². The number of amides is 1. The topological polar surface area (TPSA) is 98.5 Å². The Morgan fingerprint density at radius 2 is 2.29 bits per heavy atom. The van der Waals surface area contributed by atoms with Crippen molar-refractivity contribution < 1.29 is 17.9 Å². The first-order chi connectivity index (χ1) is 7.91.